The molecule has 0 saturated carbocycles. The van der Waals surface area contributed by atoms with Crippen LogP contribution in [0.15, 0.2) is 0 Å². The van der Waals surface area contributed by atoms with E-state index in [1.165, 1.54) is 6.42 Å². The molecule has 1 heterocycles. The number of hydrogen-bond acceptors (Lipinski definition) is 3. The van der Waals surface area contributed by atoms with Gasteiger partial charge in [-0.05, 0) is 38.8 Å². The molecule has 0 aromatic carbocycles. The molecule has 112 valence electrons. The van der Waals surface area contributed by atoms with Gasteiger partial charge in [0.05, 0.1) is 12.0 Å². The van der Waals surface area contributed by atoms with Gasteiger partial charge in [-0.1, -0.05) is 26.7 Å². The molecule has 1 aliphatic rings. The van der Waals surface area contributed by atoms with Crippen LogP contribution in [0.4, 0.5) is 0 Å². The number of likely N-dealkylation sites (tertiary alicyclic amines) is 1. The maximum Gasteiger partial charge on any atom is 0.309 e. The lowest BCUT2D eigenvalue weighted by Gasteiger charge is -2.38. The molecule has 0 bridgehead atoms. The molecule has 0 unspecified atom stereocenters. The molecule has 0 spiro atoms. The van der Waals surface area contributed by atoms with Crippen LogP contribution in [0.25, 0.3) is 0 Å². The van der Waals surface area contributed by atoms with Crippen LogP contribution in [0.2, 0.25) is 0 Å². The molecule has 4 heteroatoms. The van der Waals surface area contributed by atoms with Gasteiger partial charge in [0.2, 0.25) is 0 Å². The van der Waals surface area contributed by atoms with Crippen molar-refractivity contribution in [1.29, 1.82) is 0 Å². The summed E-state index contributed by atoms with van der Waals surface area (Å²) in [6.07, 6.45) is 5.62. The van der Waals surface area contributed by atoms with E-state index in [-0.39, 0.29) is 0 Å². The highest BCUT2D eigenvalue weighted by atomic mass is 16.5. The Morgan fingerprint density at radius 2 is 1.89 bits per heavy atom. The molecule has 1 aliphatic heterocycles. The molecular formula is C15H29NO3. The van der Waals surface area contributed by atoms with Gasteiger partial charge in [-0.2, -0.15) is 0 Å². The zero-order valence-corrected chi connectivity index (χ0v) is 12.5. The van der Waals surface area contributed by atoms with Gasteiger partial charge in [0, 0.05) is 13.2 Å². The van der Waals surface area contributed by atoms with Crippen LogP contribution in [0.3, 0.4) is 0 Å². The number of piperidine rings is 1. The van der Waals surface area contributed by atoms with Gasteiger partial charge >= 0.3 is 5.97 Å². The average molecular weight is 271 g/mol. The van der Waals surface area contributed by atoms with Gasteiger partial charge < -0.3 is 14.7 Å². The highest BCUT2D eigenvalue weighted by molar-refractivity contribution is 5.74. The van der Waals surface area contributed by atoms with E-state index >= 15 is 0 Å². The van der Waals surface area contributed by atoms with Crippen LogP contribution in [0, 0.1) is 5.41 Å². The molecule has 1 rings (SSSR count). The minimum Gasteiger partial charge on any atom is -0.481 e. The van der Waals surface area contributed by atoms with Crippen molar-refractivity contribution < 1.29 is 14.6 Å². The lowest BCUT2D eigenvalue weighted by Crippen LogP contribution is -2.45. The fraction of sp³-hybridized carbons (Fsp3) is 0.933. The Morgan fingerprint density at radius 3 is 2.42 bits per heavy atom. The van der Waals surface area contributed by atoms with Crippen LogP contribution < -0.4 is 0 Å². The van der Waals surface area contributed by atoms with Crippen LogP contribution in [0.1, 0.15) is 52.4 Å². The monoisotopic (exact) mass is 271 g/mol. The quantitative estimate of drug-likeness (QED) is 0.655. The molecule has 0 amide bonds. The average Bonchev–Trinajstić information content (AvgIpc) is 2.40. The topological polar surface area (TPSA) is 49.8 Å². The van der Waals surface area contributed by atoms with Gasteiger partial charge in [-0.3, -0.25) is 4.79 Å². The summed E-state index contributed by atoms with van der Waals surface area (Å²) < 4.78 is 5.57. The van der Waals surface area contributed by atoms with Gasteiger partial charge in [0.15, 0.2) is 0 Å². The van der Waals surface area contributed by atoms with Gasteiger partial charge in [0.1, 0.15) is 0 Å². The summed E-state index contributed by atoms with van der Waals surface area (Å²) in [5.74, 6) is -0.604. The van der Waals surface area contributed by atoms with Gasteiger partial charge in [-0.15, -0.1) is 0 Å². The number of ether oxygens (including phenoxy) is 1. The van der Waals surface area contributed by atoms with Crippen molar-refractivity contribution in [3.63, 3.8) is 0 Å². The highest BCUT2D eigenvalue weighted by Crippen LogP contribution is 2.36. The van der Waals surface area contributed by atoms with Crippen LogP contribution >= 0.6 is 0 Å². The number of rotatable bonds is 9. The van der Waals surface area contributed by atoms with E-state index in [9.17, 15) is 9.90 Å². The highest BCUT2D eigenvalue weighted by Gasteiger charge is 2.40. The van der Waals surface area contributed by atoms with Crippen molar-refractivity contribution in [2.24, 2.45) is 5.41 Å². The van der Waals surface area contributed by atoms with E-state index < -0.39 is 11.4 Å². The second kappa shape index (κ2) is 8.54. The molecule has 0 radical (unpaired) electrons. The summed E-state index contributed by atoms with van der Waals surface area (Å²) >= 11 is 0. The molecule has 19 heavy (non-hydrogen) atoms. The summed E-state index contributed by atoms with van der Waals surface area (Å²) in [7, 11) is 0. The first-order valence-electron chi connectivity index (χ1n) is 7.68. The number of carbonyl (C=O) groups is 1. The second-order valence-corrected chi connectivity index (χ2v) is 5.64. The minimum absolute atomic E-state index is 0.464. The summed E-state index contributed by atoms with van der Waals surface area (Å²) in [6.45, 7) is 8.57. The second-order valence-electron chi connectivity index (χ2n) is 5.64. The van der Waals surface area contributed by atoms with Gasteiger partial charge in [0.25, 0.3) is 0 Å². The molecule has 0 aromatic heterocycles. The zero-order chi connectivity index (χ0) is 14.1. The fourth-order valence-electron chi connectivity index (χ4n) is 2.80. The predicted molar refractivity (Wildman–Crippen MR) is 76.4 cm³/mol. The first-order chi connectivity index (χ1) is 9.14. The normalized spacial score (nSPS) is 19.5. The lowest BCUT2D eigenvalue weighted by atomic mass is 9.75. The van der Waals surface area contributed by atoms with Crippen molar-refractivity contribution in [1.82, 2.24) is 4.90 Å². The summed E-state index contributed by atoms with van der Waals surface area (Å²) in [5.41, 5.74) is -0.464. The Morgan fingerprint density at radius 1 is 1.21 bits per heavy atom. The summed E-state index contributed by atoms with van der Waals surface area (Å²) in [6, 6.07) is 0. The number of unbranched alkanes of at least 4 members (excludes halogenated alkanes) is 1. The molecule has 0 aliphatic carbocycles. The van der Waals surface area contributed by atoms with E-state index in [0.717, 1.165) is 65.0 Å². The van der Waals surface area contributed by atoms with E-state index in [2.05, 4.69) is 18.7 Å². The third-order valence-electron chi connectivity index (χ3n) is 4.19. The molecule has 1 N–H and O–H groups in total. The minimum atomic E-state index is -0.604. The molecule has 0 atom stereocenters. The first-order valence-corrected chi connectivity index (χ1v) is 7.68. The van der Waals surface area contributed by atoms with Crippen molar-refractivity contribution in [3.8, 4) is 0 Å². The zero-order valence-electron chi connectivity index (χ0n) is 12.5. The number of nitrogens with zero attached hydrogens (tertiary/aromatic N) is 1. The molecule has 1 fully saturated rings. The van der Waals surface area contributed by atoms with Crippen LogP contribution in [-0.2, 0) is 9.53 Å². The van der Waals surface area contributed by atoms with Crippen molar-refractivity contribution >= 4 is 5.97 Å². The third kappa shape index (κ3) is 5.11. The van der Waals surface area contributed by atoms with Crippen LogP contribution in [-0.4, -0.2) is 48.8 Å². The lowest BCUT2D eigenvalue weighted by molar-refractivity contribution is -0.152. The first kappa shape index (κ1) is 16.4. The van der Waals surface area contributed by atoms with E-state index in [0.29, 0.717) is 0 Å². The van der Waals surface area contributed by atoms with Gasteiger partial charge in [-0.25, -0.2) is 0 Å². The predicted octanol–water partition coefficient (Wildman–Crippen LogP) is 2.77. The standard InChI is InChI=1S/C15H29NO3/c1-3-5-12-19-13-11-16-9-7-15(6-4-2,8-10-16)14(17)18/h3-13H2,1-2H3,(H,17,18). The number of aliphatic carboxylic acids is 1. The van der Waals surface area contributed by atoms with Crippen molar-refractivity contribution in [3.05, 3.63) is 0 Å². The Bertz CT molecular complexity index is 260. The Hall–Kier alpha value is -0.610. The van der Waals surface area contributed by atoms with E-state index in [4.69, 9.17) is 4.74 Å². The Kier molecular flexibility index (Phi) is 7.39. The maximum absolute atomic E-state index is 11.5. The summed E-state index contributed by atoms with van der Waals surface area (Å²) in [4.78, 5) is 13.8. The molecule has 4 nitrogen and oxygen atoms in total. The fourth-order valence-corrected chi connectivity index (χ4v) is 2.80. The SMILES string of the molecule is CCCCOCCN1CCC(CCC)(C(=O)O)CC1. The molecule has 1 saturated heterocycles. The third-order valence-corrected chi connectivity index (χ3v) is 4.19. The van der Waals surface area contributed by atoms with Crippen molar-refractivity contribution in [2.45, 2.75) is 52.4 Å². The largest absolute Gasteiger partial charge is 0.481 e. The van der Waals surface area contributed by atoms with E-state index in [1.807, 2.05) is 0 Å². The summed E-state index contributed by atoms with van der Waals surface area (Å²) in [5, 5.41) is 9.44. The Balaban J connectivity index is 2.25. The van der Waals surface area contributed by atoms with Crippen LogP contribution in [0.5, 0.6) is 0 Å². The number of hydrogen-bond donors (Lipinski definition) is 1. The number of carboxylic acid groups (broad SMARTS) is 1. The van der Waals surface area contributed by atoms with Crippen molar-refractivity contribution in [2.75, 3.05) is 32.8 Å². The Labute approximate surface area is 117 Å². The number of carboxylic acids is 1. The maximum atomic E-state index is 11.5. The molecule has 0 aromatic rings. The smallest absolute Gasteiger partial charge is 0.309 e. The molecular weight excluding hydrogens is 242 g/mol. The van der Waals surface area contributed by atoms with E-state index in [1.54, 1.807) is 0 Å².